The van der Waals surface area contributed by atoms with E-state index in [1.807, 2.05) is 80.0 Å². The molecule has 0 saturated carbocycles. The number of hydrogen-bond donors (Lipinski definition) is 1. The lowest BCUT2D eigenvalue weighted by molar-refractivity contribution is -0.905. The van der Waals surface area contributed by atoms with Gasteiger partial charge in [0.15, 0.2) is 6.61 Å². The van der Waals surface area contributed by atoms with Crippen molar-refractivity contribution in [3.63, 3.8) is 0 Å². The van der Waals surface area contributed by atoms with Gasteiger partial charge in [0.25, 0.3) is 5.91 Å². The molecule has 12 nitrogen and oxygen atoms in total. The molecule has 4 heterocycles. The average Bonchev–Trinajstić information content (AvgIpc) is 4.10. The second-order valence-electron chi connectivity index (χ2n) is 23.2. The number of imide groups is 1. The predicted octanol–water partition coefficient (Wildman–Crippen LogP) is 13.5. The van der Waals surface area contributed by atoms with E-state index >= 15 is 0 Å². The molecule has 3 aliphatic heterocycles. The van der Waals surface area contributed by atoms with Crippen LogP contribution in [0.5, 0.6) is 11.5 Å². The van der Waals surface area contributed by atoms with Gasteiger partial charge in [-0.2, -0.15) is 0 Å². The number of piperidine rings is 1. The number of nitrogens with one attached hydrogen (secondary N) is 1. The molecule has 4 unspecified atom stereocenters. The van der Waals surface area contributed by atoms with Gasteiger partial charge in [0.2, 0.25) is 11.8 Å². The molecule has 5 aromatic rings. The summed E-state index contributed by atoms with van der Waals surface area (Å²) in [4.78, 5) is 54.6. The van der Waals surface area contributed by atoms with Gasteiger partial charge in [-0.1, -0.05) is 88.2 Å². The Balaban J connectivity index is 0.000000252. The van der Waals surface area contributed by atoms with Gasteiger partial charge in [-0.05, 0) is 133 Å². The first kappa shape index (κ1) is 59.5. The van der Waals surface area contributed by atoms with Gasteiger partial charge in [0.05, 0.1) is 43.8 Å². The van der Waals surface area contributed by atoms with Gasteiger partial charge < -0.3 is 33.1 Å². The lowest BCUT2D eigenvalue weighted by atomic mass is 9.86. The van der Waals surface area contributed by atoms with E-state index in [1.165, 1.54) is 23.3 Å². The molecule has 4 atom stereocenters. The number of quaternary nitrogens is 1. The van der Waals surface area contributed by atoms with Crippen LogP contribution >= 0.6 is 11.6 Å². The number of rotatable bonds is 19. The lowest BCUT2D eigenvalue weighted by Gasteiger charge is -2.42. The molecule has 14 heteroatoms. The summed E-state index contributed by atoms with van der Waals surface area (Å²) >= 11 is 7.21. The van der Waals surface area contributed by atoms with E-state index in [1.54, 1.807) is 6.07 Å². The number of nitrogens with zero attached hydrogens (tertiary/aromatic N) is 4. The zero-order chi connectivity index (χ0) is 56.8. The van der Waals surface area contributed by atoms with Crippen molar-refractivity contribution in [2.45, 2.75) is 157 Å². The smallest absolute Gasteiger partial charge is 0.355 e. The maximum Gasteiger partial charge on any atom is 0.355 e. The van der Waals surface area contributed by atoms with E-state index in [9.17, 15) is 23.6 Å². The fraction of sp³-hybridized carbons (Fsp3) is 0.500. The highest BCUT2D eigenvalue weighted by molar-refractivity contribution is 6.34. The minimum atomic E-state index is -0.651. The summed E-state index contributed by atoms with van der Waals surface area (Å²) in [6.45, 7) is 28.7. The number of aromatic nitrogens is 1. The summed E-state index contributed by atoms with van der Waals surface area (Å²) in [5, 5.41) is 5.86. The Hall–Kier alpha value is -6.18. The largest absolute Gasteiger partial charge is 0.493 e. The molecule has 78 heavy (non-hydrogen) atoms. The monoisotopic (exact) mass is 1090 g/mol. The van der Waals surface area contributed by atoms with Crippen LogP contribution in [0.4, 0.5) is 4.39 Å². The van der Waals surface area contributed by atoms with Crippen LogP contribution in [0.15, 0.2) is 78.9 Å². The zero-order valence-electron chi connectivity index (χ0n) is 48.4. The third-order valence-corrected chi connectivity index (χ3v) is 16.4. The number of hydrogen-bond acceptors (Lipinski definition) is 8. The van der Waals surface area contributed by atoms with E-state index in [-0.39, 0.29) is 48.2 Å². The Morgan fingerprint density at radius 1 is 0.949 bits per heavy atom. The fourth-order valence-corrected chi connectivity index (χ4v) is 11.7. The molecule has 3 aliphatic rings. The molecule has 0 spiro atoms. The van der Waals surface area contributed by atoms with Gasteiger partial charge in [0, 0.05) is 71.2 Å². The third-order valence-electron chi connectivity index (χ3n) is 16.1. The van der Waals surface area contributed by atoms with Crippen molar-refractivity contribution in [3.05, 3.63) is 118 Å². The highest BCUT2D eigenvalue weighted by atomic mass is 35.5. The van der Waals surface area contributed by atoms with E-state index in [4.69, 9.17) is 25.8 Å². The summed E-state index contributed by atoms with van der Waals surface area (Å²) in [6, 6.07) is 19.9. The minimum absolute atomic E-state index is 0.0198. The van der Waals surface area contributed by atoms with E-state index < -0.39 is 11.6 Å². The van der Waals surface area contributed by atoms with Crippen LogP contribution < -0.4 is 14.8 Å². The normalized spacial score (nSPS) is 18.6. The topological polar surface area (TPSA) is 119 Å². The van der Waals surface area contributed by atoms with E-state index in [0.29, 0.717) is 61.2 Å². The number of ether oxygens (including phenoxy) is 3. The quantitative estimate of drug-likeness (QED) is 0.0376. The van der Waals surface area contributed by atoms with Gasteiger partial charge in [0.1, 0.15) is 40.7 Å². The van der Waals surface area contributed by atoms with Crippen molar-refractivity contribution in [1.29, 1.82) is 0 Å². The lowest BCUT2D eigenvalue weighted by Crippen LogP contribution is -2.51. The molecule has 0 aliphatic carbocycles. The van der Waals surface area contributed by atoms with E-state index in [0.717, 1.165) is 112 Å². The second kappa shape index (κ2) is 25.3. The van der Waals surface area contributed by atoms with Crippen LogP contribution in [0.3, 0.4) is 0 Å². The highest BCUT2D eigenvalue weighted by Gasteiger charge is 2.42. The van der Waals surface area contributed by atoms with Crippen LogP contribution in [0.25, 0.3) is 32.9 Å². The molecular weight excluding hydrogens is 1010 g/mol. The van der Waals surface area contributed by atoms with Crippen molar-refractivity contribution in [2.75, 3.05) is 46.9 Å². The fourth-order valence-electron chi connectivity index (χ4n) is 11.4. The number of carbonyl (C=O) groups excluding carboxylic acids is 4. The molecule has 1 saturated heterocycles. The van der Waals surface area contributed by atoms with Crippen molar-refractivity contribution in [1.82, 2.24) is 19.7 Å². The first-order valence-corrected chi connectivity index (χ1v) is 28.6. The Morgan fingerprint density at radius 3 is 2.32 bits per heavy atom. The average molecular weight is 1090 g/mol. The van der Waals surface area contributed by atoms with Crippen molar-refractivity contribution in [3.8, 4) is 11.5 Å². The van der Waals surface area contributed by atoms with Crippen LogP contribution in [0, 0.1) is 11.7 Å². The first-order valence-electron chi connectivity index (χ1n) is 28.3. The molecular formula is C64H84ClFN5O7+. The molecule has 3 amide bonds. The summed E-state index contributed by atoms with van der Waals surface area (Å²) < 4.78 is 35.4. The Bertz CT molecular complexity index is 3070. The third kappa shape index (κ3) is 13.1. The molecule has 0 radical (unpaired) electrons. The standard InChI is InChI=1S/C41H53ClFN2O3.C23H31N3O4/c1-10-26(2)20-22-44-38-33(18-19-34(42)37(38)36-27(3)21-23-45(8,9)28(36)4)32(39(44)40(46)48-41(5,6)7)14-12-24-47-35-15-11-13-29-25-30(43)16-17-31(29)35;1-5-12-25(13-6-2)21(28)14-30-19-9-7-8-17-15(3)26(16(4)22(17)19)18-10-11-20(27)24-23(18)29/h11,13,15-19,25-26,28H,10,12,14,20-24H2,1-9H3;7-9,16,18H,3,5-6,10-14H2,1-2,4H3,(H,24,27,29)/q+1;. The molecule has 8 rings (SSSR count). The predicted molar refractivity (Wildman–Crippen MR) is 312 cm³/mol. The van der Waals surface area contributed by atoms with Gasteiger partial charge >= 0.3 is 5.97 Å². The number of fused-ring (bicyclic) bond motifs is 3. The van der Waals surface area contributed by atoms with Crippen molar-refractivity contribution in [2.24, 2.45) is 5.92 Å². The second-order valence-corrected chi connectivity index (χ2v) is 23.6. The summed E-state index contributed by atoms with van der Waals surface area (Å²) in [5.41, 5.74) is 8.22. The molecule has 1 N–H and O–H groups in total. The number of carbonyl (C=O) groups is 4. The molecule has 0 bridgehead atoms. The summed E-state index contributed by atoms with van der Waals surface area (Å²) in [5.74, 6) is 0.717. The summed E-state index contributed by atoms with van der Waals surface area (Å²) in [6.07, 6.45) is 6.87. The van der Waals surface area contributed by atoms with Crippen LogP contribution in [-0.4, -0.2) is 107 Å². The van der Waals surface area contributed by atoms with Gasteiger partial charge in [-0.25, -0.2) is 9.18 Å². The maximum atomic E-state index is 14.3. The van der Waals surface area contributed by atoms with Gasteiger partial charge in [-0.3, -0.25) is 19.7 Å². The molecule has 4 aromatic carbocycles. The Labute approximate surface area is 467 Å². The minimum Gasteiger partial charge on any atom is -0.493 e. The number of aryl methyl sites for hydroxylation is 2. The first-order chi connectivity index (χ1) is 37.0. The van der Waals surface area contributed by atoms with Crippen LogP contribution in [-0.2, 0) is 32.1 Å². The molecule has 1 aromatic heterocycles. The number of benzene rings is 4. The highest BCUT2D eigenvalue weighted by Crippen LogP contribution is 2.48. The Kier molecular flexibility index (Phi) is 19.3. The Morgan fingerprint density at radius 2 is 1.64 bits per heavy atom. The zero-order valence-corrected chi connectivity index (χ0v) is 49.1. The van der Waals surface area contributed by atoms with Crippen molar-refractivity contribution >= 4 is 68.2 Å². The van der Waals surface area contributed by atoms with E-state index in [2.05, 4.69) is 78.2 Å². The van der Waals surface area contributed by atoms with Crippen LogP contribution in [0.1, 0.15) is 159 Å². The number of likely N-dealkylation sites (N-methyl/N-ethyl adjacent to an activating group) is 1. The number of esters is 1. The SMILES string of the molecule is C=C1c2cccc(OCC(=O)N(CCC)CCC)c2C(C)N1C1CCC(=O)NC1=O.CCC(C)CCn1c(C(=O)OC(C)(C)C)c(CCCOc2cccc3cc(F)ccc23)c2ccc(Cl)c(C3=C(C)CC[N+](C)(C)C3C)c21. The maximum absolute atomic E-state index is 14.3. The number of halogens is 2. The van der Waals surface area contributed by atoms with Crippen LogP contribution in [0.2, 0.25) is 5.02 Å². The molecule has 1 fully saturated rings. The number of amides is 3. The molecule has 420 valence electrons. The van der Waals surface area contributed by atoms with Gasteiger partial charge in [-0.15, -0.1) is 0 Å². The van der Waals surface area contributed by atoms with Crippen molar-refractivity contribution < 1.29 is 42.3 Å². The summed E-state index contributed by atoms with van der Waals surface area (Å²) in [7, 11) is 4.58.